The van der Waals surface area contributed by atoms with Crippen molar-refractivity contribution in [2.75, 3.05) is 33.1 Å². The summed E-state index contributed by atoms with van der Waals surface area (Å²) in [6, 6.07) is 12.1. The van der Waals surface area contributed by atoms with Crippen molar-refractivity contribution in [2.24, 2.45) is 0 Å². The lowest BCUT2D eigenvalue weighted by Crippen LogP contribution is -2.22. The standard InChI is InChI=1S/C18H20N2O6S/c1-20(2)27(23,24)16-9-7-14(8-10-16)19-17(21)12-26-18(22)13-5-4-6-15(11-13)25-3/h4-11H,12H2,1-3H3,(H,19,21). The second kappa shape index (κ2) is 8.65. The molecule has 2 aromatic rings. The Morgan fingerprint density at radius 2 is 1.74 bits per heavy atom. The Morgan fingerprint density at radius 1 is 1.07 bits per heavy atom. The molecule has 1 amide bonds. The van der Waals surface area contributed by atoms with Crippen molar-refractivity contribution in [1.82, 2.24) is 4.31 Å². The summed E-state index contributed by atoms with van der Waals surface area (Å²) in [6.07, 6.45) is 0. The molecule has 8 nitrogen and oxygen atoms in total. The van der Waals surface area contributed by atoms with Crippen LogP contribution in [0.4, 0.5) is 5.69 Å². The average molecular weight is 392 g/mol. The number of methoxy groups -OCH3 is 1. The fourth-order valence-corrected chi connectivity index (χ4v) is 2.98. The number of rotatable bonds is 7. The number of ether oxygens (including phenoxy) is 2. The molecule has 2 aromatic carbocycles. The Balaban J connectivity index is 1.93. The number of hydrogen-bond acceptors (Lipinski definition) is 6. The minimum atomic E-state index is -3.54. The molecule has 0 aliphatic carbocycles. The van der Waals surface area contributed by atoms with Crippen molar-refractivity contribution in [2.45, 2.75) is 4.90 Å². The van der Waals surface area contributed by atoms with Crippen molar-refractivity contribution >= 4 is 27.6 Å². The number of hydrogen-bond donors (Lipinski definition) is 1. The molecule has 9 heteroatoms. The Hall–Kier alpha value is -2.91. The maximum Gasteiger partial charge on any atom is 0.338 e. The molecular formula is C18H20N2O6S. The molecule has 0 radical (unpaired) electrons. The van der Waals surface area contributed by atoms with Crippen LogP contribution in [-0.2, 0) is 19.6 Å². The highest BCUT2D eigenvalue weighted by Crippen LogP contribution is 2.17. The lowest BCUT2D eigenvalue weighted by molar-refractivity contribution is -0.119. The van der Waals surface area contributed by atoms with Crippen molar-refractivity contribution in [3.8, 4) is 5.75 Å². The van der Waals surface area contributed by atoms with E-state index in [0.29, 0.717) is 11.4 Å². The fraction of sp³-hybridized carbons (Fsp3) is 0.222. The Bertz CT molecular complexity index is 923. The van der Waals surface area contributed by atoms with Gasteiger partial charge >= 0.3 is 5.97 Å². The van der Waals surface area contributed by atoms with Crippen LogP contribution in [0, 0.1) is 0 Å². The molecular weight excluding hydrogens is 372 g/mol. The quantitative estimate of drug-likeness (QED) is 0.720. The Morgan fingerprint density at radius 3 is 2.33 bits per heavy atom. The van der Waals surface area contributed by atoms with Crippen LogP contribution in [-0.4, -0.2) is 52.4 Å². The zero-order valence-electron chi connectivity index (χ0n) is 15.1. The van der Waals surface area contributed by atoms with Gasteiger partial charge in [0.1, 0.15) is 5.75 Å². The molecule has 0 bridgehead atoms. The van der Waals surface area contributed by atoms with E-state index in [2.05, 4.69) is 5.32 Å². The van der Waals surface area contributed by atoms with Crippen molar-refractivity contribution in [1.29, 1.82) is 0 Å². The smallest absolute Gasteiger partial charge is 0.338 e. The van der Waals surface area contributed by atoms with Crippen LogP contribution >= 0.6 is 0 Å². The van der Waals surface area contributed by atoms with Gasteiger partial charge in [0, 0.05) is 19.8 Å². The van der Waals surface area contributed by atoms with Crippen LogP contribution in [0.3, 0.4) is 0 Å². The number of benzene rings is 2. The van der Waals surface area contributed by atoms with Gasteiger partial charge in [-0.2, -0.15) is 0 Å². The molecule has 0 atom stereocenters. The van der Waals surface area contributed by atoms with Gasteiger partial charge in [-0.1, -0.05) is 6.07 Å². The second-order valence-corrected chi connectivity index (χ2v) is 7.82. The average Bonchev–Trinajstić information content (AvgIpc) is 2.66. The number of nitrogens with one attached hydrogen (secondary N) is 1. The highest BCUT2D eigenvalue weighted by atomic mass is 32.2. The molecule has 0 saturated carbocycles. The lowest BCUT2D eigenvalue weighted by Gasteiger charge is -2.12. The van der Waals surface area contributed by atoms with E-state index in [0.717, 1.165) is 4.31 Å². The van der Waals surface area contributed by atoms with Gasteiger partial charge in [-0.15, -0.1) is 0 Å². The summed E-state index contributed by atoms with van der Waals surface area (Å²) in [5.41, 5.74) is 0.649. The van der Waals surface area contributed by atoms with E-state index < -0.39 is 28.5 Å². The molecule has 27 heavy (non-hydrogen) atoms. The van der Waals surface area contributed by atoms with E-state index in [-0.39, 0.29) is 10.5 Å². The molecule has 0 heterocycles. The Labute approximate surface area is 157 Å². The lowest BCUT2D eigenvalue weighted by atomic mass is 10.2. The van der Waals surface area contributed by atoms with E-state index in [1.807, 2.05) is 0 Å². The van der Waals surface area contributed by atoms with Gasteiger partial charge in [0.2, 0.25) is 10.0 Å². The largest absolute Gasteiger partial charge is 0.497 e. The van der Waals surface area contributed by atoms with Gasteiger partial charge in [-0.25, -0.2) is 17.5 Å². The summed E-state index contributed by atoms with van der Waals surface area (Å²) >= 11 is 0. The number of carbonyl (C=O) groups excluding carboxylic acids is 2. The molecule has 0 saturated heterocycles. The zero-order valence-corrected chi connectivity index (χ0v) is 15.9. The number of sulfonamides is 1. The third-order valence-electron chi connectivity index (χ3n) is 3.56. The molecule has 0 fully saturated rings. The fourth-order valence-electron chi connectivity index (χ4n) is 2.08. The van der Waals surface area contributed by atoms with Crippen LogP contribution in [0.5, 0.6) is 5.75 Å². The molecule has 1 N–H and O–H groups in total. The normalized spacial score (nSPS) is 11.1. The zero-order chi connectivity index (χ0) is 20.0. The van der Waals surface area contributed by atoms with Crippen molar-refractivity contribution in [3.05, 3.63) is 54.1 Å². The van der Waals surface area contributed by atoms with Crippen LogP contribution in [0.15, 0.2) is 53.4 Å². The molecule has 0 spiro atoms. The van der Waals surface area contributed by atoms with Gasteiger partial charge in [-0.05, 0) is 42.5 Å². The van der Waals surface area contributed by atoms with Crippen molar-refractivity contribution in [3.63, 3.8) is 0 Å². The van der Waals surface area contributed by atoms with Crippen LogP contribution < -0.4 is 10.1 Å². The van der Waals surface area contributed by atoms with Gasteiger partial charge in [0.05, 0.1) is 17.6 Å². The molecule has 2 rings (SSSR count). The summed E-state index contributed by atoms with van der Waals surface area (Å²) < 4.78 is 35.1. The maximum absolute atomic E-state index is 12.0. The van der Waals surface area contributed by atoms with Gasteiger partial charge in [0.25, 0.3) is 5.91 Å². The van der Waals surface area contributed by atoms with E-state index in [4.69, 9.17) is 9.47 Å². The van der Waals surface area contributed by atoms with Gasteiger partial charge in [-0.3, -0.25) is 4.79 Å². The highest BCUT2D eigenvalue weighted by molar-refractivity contribution is 7.89. The first-order chi connectivity index (χ1) is 12.7. The van der Waals surface area contributed by atoms with E-state index in [9.17, 15) is 18.0 Å². The minimum absolute atomic E-state index is 0.106. The maximum atomic E-state index is 12.0. The first kappa shape index (κ1) is 20.4. The first-order valence-electron chi connectivity index (χ1n) is 7.87. The minimum Gasteiger partial charge on any atom is -0.497 e. The molecule has 0 aliphatic heterocycles. The number of amides is 1. The summed E-state index contributed by atoms with van der Waals surface area (Å²) in [6.45, 7) is -0.478. The monoisotopic (exact) mass is 392 g/mol. The molecule has 0 aliphatic rings. The third kappa shape index (κ3) is 5.28. The SMILES string of the molecule is COc1cccc(C(=O)OCC(=O)Nc2ccc(S(=O)(=O)N(C)C)cc2)c1. The number of anilines is 1. The predicted molar refractivity (Wildman–Crippen MR) is 99.2 cm³/mol. The number of nitrogens with zero attached hydrogens (tertiary/aromatic N) is 1. The van der Waals surface area contributed by atoms with Crippen LogP contribution in [0.25, 0.3) is 0 Å². The van der Waals surface area contributed by atoms with Crippen molar-refractivity contribution < 1.29 is 27.5 Å². The summed E-state index contributed by atoms with van der Waals surface area (Å²) in [4.78, 5) is 24.0. The summed E-state index contributed by atoms with van der Waals surface area (Å²) in [7, 11) is 0.805. The highest BCUT2D eigenvalue weighted by Gasteiger charge is 2.17. The summed E-state index contributed by atoms with van der Waals surface area (Å²) in [5.74, 6) is -0.701. The topological polar surface area (TPSA) is 102 Å². The first-order valence-corrected chi connectivity index (χ1v) is 9.31. The number of esters is 1. The van der Waals surface area contributed by atoms with E-state index in [1.165, 1.54) is 51.5 Å². The molecule has 0 unspecified atom stereocenters. The molecule has 144 valence electrons. The Kier molecular flexibility index (Phi) is 6.54. The predicted octanol–water partition coefficient (Wildman–Crippen LogP) is 1.74. The van der Waals surface area contributed by atoms with Crippen LogP contribution in [0.1, 0.15) is 10.4 Å². The van der Waals surface area contributed by atoms with Gasteiger partial charge < -0.3 is 14.8 Å². The van der Waals surface area contributed by atoms with E-state index in [1.54, 1.807) is 18.2 Å². The molecule has 0 aromatic heterocycles. The third-order valence-corrected chi connectivity index (χ3v) is 5.39. The number of carbonyl (C=O) groups is 2. The van der Waals surface area contributed by atoms with Crippen LogP contribution in [0.2, 0.25) is 0 Å². The van der Waals surface area contributed by atoms with E-state index >= 15 is 0 Å². The summed E-state index contributed by atoms with van der Waals surface area (Å²) in [5, 5.41) is 2.53. The second-order valence-electron chi connectivity index (χ2n) is 5.67. The van der Waals surface area contributed by atoms with Gasteiger partial charge in [0.15, 0.2) is 6.61 Å².